The summed E-state index contributed by atoms with van der Waals surface area (Å²) >= 11 is 5.92. The average Bonchev–Trinajstić information content (AvgIpc) is 3.12. The largest absolute Gasteiger partial charge is 0.337 e. The van der Waals surface area contributed by atoms with Gasteiger partial charge in [-0.2, -0.15) is 0 Å². The molecule has 7 heteroatoms. The number of nitrogens with zero attached hydrogens (tertiary/aromatic N) is 1. The number of carbonyl (C=O) groups excluding carboxylic acids is 1. The number of hydrogen-bond acceptors (Lipinski definition) is 3. The van der Waals surface area contributed by atoms with Gasteiger partial charge in [-0.05, 0) is 55.7 Å². The number of nitrogens with one attached hydrogen (secondary N) is 1. The zero-order valence-corrected chi connectivity index (χ0v) is 20.3. The van der Waals surface area contributed by atoms with Gasteiger partial charge in [0.1, 0.15) is 6.54 Å². The number of rotatable bonds is 6. The number of amides is 1. The number of fused-ring (bicyclic) bond motifs is 1. The van der Waals surface area contributed by atoms with Gasteiger partial charge in [0.15, 0.2) is 9.84 Å². The van der Waals surface area contributed by atoms with Crippen molar-refractivity contribution in [3.8, 4) is 0 Å². The van der Waals surface area contributed by atoms with Crippen molar-refractivity contribution in [2.75, 3.05) is 5.32 Å². The highest BCUT2D eigenvalue weighted by Crippen LogP contribution is 2.29. The quantitative estimate of drug-likeness (QED) is 0.377. The maximum Gasteiger partial charge on any atom is 0.244 e. The van der Waals surface area contributed by atoms with E-state index in [4.69, 9.17) is 11.6 Å². The van der Waals surface area contributed by atoms with Gasteiger partial charge in [0.05, 0.1) is 10.6 Å². The summed E-state index contributed by atoms with van der Waals surface area (Å²) in [4.78, 5) is 13.1. The Morgan fingerprint density at radius 3 is 2.27 bits per heavy atom. The molecule has 1 amide bonds. The van der Waals surface area contributed by atoms with Crippen LogP contribution in [0.2, 0.25) is 5.02 Å². The Morgan fingerprint density at radius 2 is 1.61 bits per heavy atom. The van der Waals surface area contributed by atoms with Crippen LogP contribution in [0.15, 0.2) is 71.8 Å². The second-order valence-electron chi connectivity index (χ2n) is 8.35. The fourth-order valence-corrected chi connectivity index (χ4v) is 5.89. The lowest BCUT2D eigenvalue weighted by molar-refractivity contribution is -0.116. The van der Waals surface area contributed by atoms with Gasteiger partial charge in [0, 0.05) is 27.8 Å². The van der Waals surface area contributed by atoms with E-state index < -0.39 is 9.84 Å². The third-order valence-corrected chi connectivity index (χ3v) is 7.57. The van der Waals surface area contributed by atoms with Gasteiger partial charge >= 0.3 is 0 Å². The minimum absolute atomic E-state index is 0.00371. The monoisotopic (exact) mass is 480 g/mol. The number of hydrogen-bond donors (Lipinski definition) is 1. The van der Waals surface area contributed by atoms with Crippen molar-refractivity contribution in [1.82, 2.24) is 4.57 Å². The lowest BCUT2D eigenvalue weighted by Crippen LogP contribution is -2.19. The fraction of sp³-hybridized carbons (Fsp3) is 0.192. The summed E-state index contributed by atoms with van der Waals surface area (Å²) in [5.74, 6) is -0.362. The van der Waals surface area contributed by atoms with E-state index in [1.54, 1.807) is 47.2 Å². The molecular weight excluding hydrogens is 456 g/mol. The van der Waals surface area contributed by atoms with E-state index in [0.717, 1.165) is 22.4 Å². The molecule has 0 aliphatic heterocycles. The molecule has 0 atom stereocenters. The van der Waals surface area contributed by atoms with E-state index in [9.17, 15) is 13.2 Å². The number of aromatic nitrogens is 1. The molecule has 0 fully saturated rings. The van der Waals surface area contributed by atoms with Gasteiger partial charge in [0.2, 0.25) is 5.91 Å². The molecule has 5 nitrogen and oxygen atoms in total. The van der Waals surface area contributed by atoms with Gasteiger partial charge in [0.25, 0.3) is 0 Å². The van der Waals surface area contributed by atoms with Crippen LogP contribution in [-0.4, -0.2) is 18.9 Å². The van der Waals surface area contributed by atoms with Gasteiger partial charge in [-0.3, -0.25) is 4.79 Å². The zero-order valence-electron chi connectivity index (χ0n) is 18.7. The highest BCUT2D eigenvalue weighted by molar-refractivity contribution is 7.90. The van der Waals surface area contributed by atoms with Crippen molar-refractivity contribution in [3.63, 3.8) is 0 Å². The van der Waals surface area contributed by atoms with E-state index in [1.807, 2.05) is 45.0 Å². The van der Waals surface area contributed by atoms with Crippen molar-refractivity contribution < 1.29 is 13.2 Å². The standard InChI is InChI=1S/C26H25ClN2O3S/c1-17-12-18(2)26(19(3)13-17)28-25(30)15-29-14-24(22-6-4-5-7-23(22)29)33(31,32)16-20-8-10-21(27)11-9-20/h4-14H,15-16H2,1-3H3,(H,28,30). The van der Waals surface area contributed by atoms with E-state index in [-0.39, 0.29) is 23.1 Å². The third kappa shape index (κ3) is 4.97. The highest BCUT2D eigenvalue weighted by Gasteiger charge is 2.22. The number of carbonyl (C=O) groups is 1. The van der Waals surface area contributed by atoms with E-state index in [1.165, 1.54) is 0 Å². The summed E-state index contributed by atoms with van der Waals surface area (Å²) in [6.45, 7) is 5.94. The zero-order chi connectivity index (χ0) is 23.8. The number of aryl methyl sites for hydroxylation is 3. The van der Waals surface area contributed by atoms with Crippen LogP contribution in [0.25, 0.3) is 10.9 Å². The van der Waals surface area contributed by atoms with Crippen LogP contribution in [0.4, 0.5) is 5.69 Å². The maximum absolute atomic E-state index is 13.3. The fourth-order valence-electron chi connectivity index (χ4n) is 4.18. The average molecular weight is 481 g/mol. The van der Waals surface area contributed by atoms with Gasteiger partial charge < -0.3 is 9.88 Å². The first-order chi connectivity index (χ1) is 15.6. The predicted molar refractivity (Wildman–Crippen MR) is 134 cm³/mol. The molecule has 1 aromatic heterocycles. The minimum Gasteiger partial charge on any atom is -0.337 e. The molecular formula is C26H25ClN2O3S. The van der Waals surface area contributed by atoms with E-state index >= 15 is 0 Å². The summed E-state index contributed by atoms with van der Waals surface area (Å²) in [5, 5.41) is 4.14. The first-order valence-corrected chi connectivity index (χ1v) is 12.6. The first kappa shape index (κ1) is 23.1. The van der Waals surface area contributed by atoms with Crippen molar-refractivity contribution >= 4 is 43.9 Å². The summed E-state index contributed by atoms with van der Waals surface area (Å²) in [6, 6.07) is 18.0. The summed E-state index contributed by atoms with van der Waals surface area (Å²) in [5.41, 5.74) is 5.25. The summed E-state index contributed by atoms with van der Waals surface area (Å²) in [6.07, 6.45) is 1.56. The second kappa shape index (κ2) is 9.04. The molecule has 0 aliphatic rings. The van der Waals surface area contributed by atoms with Crippen LogP contribution < -0.4 is 5.32 Å². The third-order valence-electron chi connectivity index (χ3n) is 5.61. The van der Waals surface area contributed by atoms with Crippen LogP contribution in [0.3, 0.4) is 0 Å². The normalized spacial score (nSPS) is 11.6. The topological polar surface area (TPSA) is 68.2 Å². The van der Waals surface area contributed by atoms with Gasteiger partial charge in [-0.25, -0.2) is 8.42 Å². The molecule has 0 radical (unpaired) electrons. The van der Waals surface area contributed by atoms with Crippen LogP contribution in [0.5, 0.6) is 0 Å². The Labute approximate surface area is 198 Å². The number of para-hydroxylation sites is 1. The van der Waals surface area contributed by atoms with Gasteiger partial charge in [-0.15, -0.1) is 0 Å². The first-order valence-electron chi connectivity index (χ1n) is 10.6. The smallest absolute Gasteiger partial charge is 0.244 e. The Balaban J connectivity index is 1.65. The maximum atomic E-state index is 13.3. The van der Waals surface area contributed by atoms with Crippen molar-refractivity contribution in [1.29, 1.82) is 0 Å². The Hall–Kier alpha value is -3.09. The summed E-state index contributed by atoms with van der Waals surface area (Å²) in [7, 11) is -3.64. The number of halogens is 1. The van der Waals surface area contributed by atoms with E-state index in [0.29, 0.717) is 21.5 Å². The number of anilines is 1. The predicted octanol–water partition coefficient (Wildman–Crippen LogP) is 5.83. The summed E-state index contributed by atoms with van der Waals surface area (Å²) < 4.78 is 28.2. The molecule has 3 aromatic carbocycles. The van der Waals surface area contributed by atoms with Crippen molar-refractivity contribution in [2.45, 2.75) is 38.0 Å². The van der Waals surface area contributed by atoms with Crippen LogP contribution >= 0.6 is 11.6 Å². The molecule has 0 bridgehead atoms. The molecule has 0 unspecified atom stereocenters. The molecule has 33 heavy (non-hydrogen) atoms. The Kier molecular flexibility index (Phi) is 6.32. The molecule has 1 heterocycles. The Morgan fingerprint density at radius 1 is 0.970 bits per heavy atom. The molecule has 0 saturated carbocycles. The SMILES string of the molecule is Cc1cc(C)c(NC(=O)Cn2cc(S(=O)(=O)Cc3ccc(Cl)cc3)c3ccccc32)c(C)c1. The number of sulfone groups is 1. The molecule has 1 N–H and O–H groups in total. The number of benzene rings is 3. The molecule has 0 saturated heterocycles. The van der Waals surface area contributed by atoms with Crippen LogP contribution in [0.1, 0.15) is 22.3 Å². The lowest BCUT2D eigenvalue weighted by Gasteiger charge is -2.13. The minimum atomic E-state index is -3.64. The second-order valence-corrected chi connectivity index (χ2v) is 10.7. The molecule has 0 spiro atoms. The lowest BCUT2D eigenvalue weighted by atomic mass is 10.1. The molecule has 4 rings (SSSR count). The molecule has 4 aromatic rings. The van der Waals surface area contributed by atoms with Gasteiger partial charge in [-0.1, -0.05) is 59.6 Å². The van der Waals surface area contributed by atoms with Crippen LogP contribution in [0, 0.1) is 20.8 Å². The highest BCUT2D eigenvalue weighted by atomic mass is 35.5. The van der Waals surface area contributed by atoms with Crippen molar-refractivity contribution in [3.05, 3.63) is 94.1 Å². The van der Waals surface area contributed by atoms with E-state index in [2.05, 4.69) is 5.32 Å². The van der Waals surface area contributed by atoms with Crippen molar-refractivity contribution in [2.24, 2.45) is 0 Å². The van der Waals surface area contributed by atoms with Crippen LogP contribution in [-0.2, 0) is 26.9 Å². The molecule has 0 aliphatic carbocycles. The molecule has 170 valence electrons. The Bertz CT molecular complexity index is 1430.